The fourth-order valence-electron chi connectivity index (χ4n) is 3.89. The molecule has 1 aromatic carbocycles. The lowest BCUT2D eigenvalue weighted by Gasteiger charge is -2.40. The Morgan fingerprint density at radius 1 is 1.09 bits per heavy atom. The summed E-state index contributed by atoms with van der Waals surface area (Å²) in [6.45, 7) is 3.10. The summed E-state index contributed by atoms with van der Waals surface area (Å²) >= 11 is 0. The van der Waals surface area contributed by atoms with Crippen molar-refractivity contribution in [3.63, 3.8) is 0 Å². The number of aromatic nitrogens is 3. The highest BCUT2D eigenvalue weighted by Crippen LogP contribution is 2.38. The number of alkyl halides is 3. The number of likely N-dealkylation sites (tertiary alicyclic amines) is 1. The Morgan fingerprint density at radius 3 is 2.38 bits per heavy atom. The first-order valence-corrected chi connectivity index (χ1v) is 10.8. The third-order valence-electron chi connectivity index (χ3n) is 5.58. The number of nitrogens with one attached hydrogen (secondary N) is 1. The zero-order valence-corrected chi connectivity index (χ0v) is 18.6. The van der Waals surface area contributed by atoms with Gasteiger partial charge in [-0.3, -0.25) is 14.7 Å². The number of anilines is 1. The number of nitrogens with zero attached hydrogens (tertiary/aromatic N) is 4. The number of pyridine rings is 1. The minimum Gasteiger partial charge on any atom is -0.320 e. The highest BCUT2D eigenvalue weighted by Gasteiger charge is 2.39. The summed E-state index contributed by atoms with van der Waals surface area (Å²) in [5.41, 5.74) is 1.52. The SMILES string of the molecule is CC(C)c1ncc(C(=O)Nc2c(-c3ccccc3F)ccnc2C2CN(CC(F)(F)F)C2)cn1. The molecule has 3 heterocycles. The van der Waals surface area contributed by atoms with E-state index in [0.717, 1.165) is 0 Å². The summed E-state index contributed by atoms with van der Waals surface area (Å²) in [5, 5.41) is 2.79. The molecule has 4 rings (SSSR count). The quantitative estimate of drug-likeness (QED) is 0.510. The number of carbonyl (C=O) groups is 1. The van der Waals surface area contributed by atoms with Gasteiger partial charge in [-0.15, -0.1) is 0 Å². The monoisotopic (exact) mass is 473 g/mol. The highest BCUT2D eigenvalue weighted by atomic mass is 19.4. The van der Waals surface area contributed by atoms with E-state index in [4.69, 9.17) is 0 Å². The lowest BCUT2D eigenvalue weighted by molar-refractivity contribution is -0.155. The van der Waals surface area contributed by atoms with Crippen LogP contribution < -0.4 is 5.32 Å². The zero-order valence-electron chi connectivity index (χ0n) is 18.6. The molecule has 1 amide bonds. The summed E-state index contributed by atoms with van der Waals surface area (Å²) < 4.78 is 52.8. The zero-order chi connectivity index (χ0) is 24.5. The van der Waals surface area contributed by atoms with Crippen LogP contribution in [-0.4, -0.2) is 51.6 Å². The predicted octanol–water partition coefficient (Wildman–Crippen LogP) is 5.01. The molecular formula is C24H23F4N5O. The molecule has 1 aliphatic rings. The molecule has 3 aromatic rings. The van der Waals surface area contributed by atoms with Gasteiger partial charge in [0.15, 0.2) is 0 Å². The van der Waals surface area contributed by atoms with Gasteiger partial charge in [0.05, 0.1) is 23.5 Å². The maximum Gasteiger partial charge on any atom is 0.401 e. The number of hydrogen-bond acceptors (Lipinski definition) is 5. The third kappa shape index (κ3) is 5.22. The molecule has 1 saturated heterocycles. The van der Waals surface area contributed by atoms with Crippen molar-refractivity contribution in [2.75, 3.05) is 25.0 Å². The van der Waals surface area contributed by atoms with Crippen LogP contribution in [0.1, 0.15) is 47.6 Å². The molecule has 0 saturated carbocycles. The Kier molecular flexibility index (Phi) is 6.60. The smallest absolute Gasteiger partial charge is 0.320 e. The van der Waals surface area contributed by atoms with Gasteiger partial charge >= 0.3 is 6.18 Å². The van der Waals surface area contributed by atoms with Crippen LogP contribution in [0.4, 0.5) is 23.2 Å². The molecular weight excluding hydrogens is 450 g/mol. The minimum absolute atomic E-state index is 0.0907. The van der Waals surface area contributed by atoms with Crippen LogP contribution >= 0.6 is 0 Å². The molecule has 0 unspecified atom stereocenters. The molecule has 0 radical (unpaired) electrons. The fourth-order valence-corrected chi connectivity index (χ4v) is 3.89. The fraction of sp³-hybridized carbons (Fsp3) is 0.333. The van der Waals surface area contributed by atoms with Crippen LogP contribution in [0.5, 0.6) is 0 Å². The van der Waals surface area contributed by atoms with Crippen LogP contribution in [0.25, 0.3) is 11.1 Å². The van der Waals surface area contributed by atoms with E-state index in [1.165, 1.54) is 29.6 Å². The molecule has 1 aliphatic heterocycles. The van der Waals surface area contributed by atoms with Gasteiger partial charge in [-0.1, -0.05) is 32.0 Å². The van der Waals surface area contributed by atoms with E-state index >= 15 is 0 Å². The summed E-state index contributed by atoms with van der Waals surface area (Å²) in [4.78, 5) is 27.0. The van der Waals surface area contributed by atoms with Gasteiger partial charge < -0.3 is 5.32 Å². The molecule has 178 valence electrons. The van der Waals surface area contributed by atoms with Crippen LogP contribution in [0.3, 0.4) is 0 Å². The first-order valence-electron chi connectivity index (χ1n) is 10.8. The van der Waals surface area contributed by atoms with Crippen LogP contribution in [0, 0.1) is 5.82 Å². The van der Waals surface area contributed by atoms with Crippen molar-refractivity contribution in [2.24, 2.45) is 0 Å². The van der Waals surface area contributed by atoms with Crippen LogP contribution in [0.15, 0.2) is 48.9 Å². The van der Waals surface area contributed by atoms with E-state index in [9.17, 15) is 22.4 Å². The normalized spacial score (nSPS) is 14.8. The Bertz CT molecular complexity index is 1170. The van der Waals surface area contributed by atoms with Crippen LogP contribution in [-0.2, 0) is 0 Å². The molecule has 0 spiro atoms. The summed E-state index contributed by atoms with van der Waals surface area (Å²) in [7, 11) is 0. The van der Waals surface area contributed by atoms with E-state index in [2.05, 4.69) is 20.3 Å². The average Bonchev–Trinajstić information content (AvgIpc) is 2.76. The van der Waals surface area contributed by atoms with Gasteiger partial charge in [0.2, 0.25) is 0 Å². The van der Waals surface area contributed by atoms with Crippen molar-refractivity contribution < 1.29 is 22.4 Å². The van der Waals surface area contributed by atoms with Gasteiger partial charge in [-0.05, 0) is 12.1 Å². The van der Waals surface area contributed by atoms with Crippen molar-refractivity contribution in [1.82, 2.24) is 19.9 Å². The van der Waals surface area contributed by atoms with E-state index in [1.54, 1.807) is 24.3 Å². The minimum atomic E-state index is -4.30. The van der Waals surface area contributed by atoms with E-state index in [1.807, 2.05) is 13.8 Å². The maximum absolute atomic E-state index is 14.6. The first kappa shape index (κ1) is 23.7. The van der Waals surface area contributed by atoms with Gasteiger partial charge in [-0.25, -0.2) is 14.4 Å². The van der Waals surface area contributed by atoms with E-state index < -0.39 is 24.4 Å². The van der Waals surface area contributed by atoms with Crippen molar-refractivity contribution >= 4 is 11.6 Å². The topological polar surface area (TPSA) is 71.0 Å². The average molecular weight is 473 g/mol. The van der Waals surface area contributed by atoms with E-state index in [-0.39, 0.29) is 41.7 Å². The standard InChI is InChI=1S/C24H23F4N5O/c1-14(2)22-30-9-15(10-31-22)23(34)32-21-18(17-5-3-4-6-19(17)25)7-8-29-20(21)16-11-33(12-16)13-24(26,27)28/h3-10,14,16H,11-13H2,1-2H3,(H,32,34). The largest absolute Gasteiger partial charge is 0.401 e. The number of benzene rings is 1. The molecule has 0 atom stereocenters. The van der Waals surface area contributed by atoms with Crippen LogP contribution in [0.2, 0.25) is 0 Å². The van der Waals surface area contributed by atoms with Crippen molar-refractivity contribution in [3.05, 3.63) is 71.8 Å². The summed E-state index contributed by atoms with van der Waals surface area (Å²) in [6.07, 6.45) is -0.0118. The lowest BCUT2D eigenvalue weighted by atomic mass is 9.91. The second-order valence-corrected chi connectivity index (χ2v) is 8.54. The summed E-state index contributed by atoms with van der Waals surface area (Å²) in [6, 6.07) is 7.65. The Hall–Kier alpha value is -3.40. The molecule has 10 heteroatoms. The molecule has 34 heavy (non-hydrogen) atoms. The Labute approximate surface area is 194 Å². The van der Waals surface area contributed by atoms with Gasteiger partial charge in [-0.2, -0.15) is 13.2 Å². The molecule has 2 aromatic heterocycles. The number of rotatable bonds is 6. The third-order valence-corrected chi connectivity index (χ3v) is 5.58. The van der Waals surface area contributed by atoms with Gasteiger partial charge in [0.25, 0.3) is 5.91 Å². The number of halogens is 4. The molecule has 0 aliphatic carbocycles. The van der Waals surface area contributed by atoms with Crippen molar-refractivity contribution in [1.29, 1.82) is 0 Å². The Balaban J connectivity index is 1.67. The molecule has 6 nitrogen and oxygen atoms in total. The molecule has 1 fully saturated rings. The maximum atomic E-state index is 14.6. The van der Waals surface area contributed by atoms with Crippen molar-refractivity contribution in [3.8, 4) is 11.1 Å². The van der Waals surface area contributed by atoms with Gasteiger partial charge in [0.1, 0.15) is 11.6 Å². The van der Waals surface area contributed by atoms with E-state index in [0.29, 0.717) is 17.1 Å². The number of carbonyl (C=O) groups excluding carboxylic acids is 1. The predicted molar refractivity (Wildman–Crippen MR) is 119 cm³/mol. The second kappa shape index (κ2) is 9.46. The van der Waals surface area contributed by atoms with Gasteiger partial charge in [0, 0.05) is 54.6 Å². The van der Waals surface area contributed by atoms with Crippen molar-refractivity contribution in [2.45, 2.75) is 31.9 Å². The first-order chi connectivity index (χ1) is 16.1. The molecule has 0 bridgehead atoms. The highest BCUT2D eigenvalue weighted by molar-refractivity contribution is 6.06. The lowest BCUT2D eigenvalue weighted by Crippen LogP contribution is -2.49. The number of amides is 1. The Morgan fingerprint density at radius 2 is 1.76 bits per heavy atom. The summed E-state index contributed by atoms with van der Waals surface area (Å²) in [5.74, 6) is -0.678. The number of hydrogen-bond donors (Lipinski definition) is 1. The molecule has 1 N–H and O–H groups in total. The second-order valence-electron chi connectivity index (χ2n) is 8.54.